The number of ether oxygens (including phenoxy) is 1. The zero-order valence-corrected chi connectivity index (χ0v) is 21.1. The molecule has 0 atom stereocenters. The quantitative estimate of drug-likeness (QED) is 0.228. The standard InChI is InChI=1S/C29H23BrN4O2/c1-36-24-17-13-21(14-18-24)29(35)32-26-10-6-5-9-25(26)31-28-19-27(20-11-15-22(30)16-12-20)33-34(28)23-7-3-2-4-8-23/h2-19,31H,1H3,(H,32,35). The molecule has 0 saturated heterocycles. The molecule has 5 rings (SSSR count). The summed E-state index contributed by atoms with van der Waals surface area (Å²) in [6.45, 7) is 0. The molecule has 0 aliphatic heterocycles. The lowest BCUT2D eigenvalue weighted by atomic mass is 10.1. The maximum Gasteiger partial charge on any atom is 0.255 e. The van der Waals surface area contributed by atoms with Crippen molar-refractivity contribution in [1.29, 1.82) is 0 Å². The summed E-state index contributed by atoms with van der Waals surface area (Å²) >= 11 is 3.49. The molecule has 1 heterocycles. The smallest absolute Gasteiger partial charge is 0.255 e. The summed E-state index contributed by atoms with van der Waals surface area (Å²) in [4.78, 5) is 12.9. The highest BCUT2D eigenvalue weighted by Crippen LogP contribution is 2.31. The Balaban J connectivity index is 1.47. The predicted octanol–water partition coefficient (Wildman–Crippen LogP) is 7.31. The minimum atomic E-state index is -0.209. The second kappa shape index (κ2) is 10.5. The van der Waals surface area contributed by atoms with Gasteiger partial charge < -0.3 is 15.4 Å². The first-order valence-corrected chi connectivity index (χ1v) is 12.1. The van der Waals surface area contributed by atoms with Crippen molar-refractivity contribution in [1.82, 2.24) is 9.78 Å². The van der Waals surface area contributed by atoms with Crippen molar-refractivity contribution >= 4 is 39.0 Å². The Hall–Kier alpha value is -4.36. The molecule has 0 aliphatic carbocycles. The van der Waals surface area contributed by atoms with Crippen LogP contribution >= 0.6 is 15.9 Å². The van der Waals surface area contributed by atoms with Gasteiger partial charge in [-0.1, -0.05) is 58.4 Å². The van der Waals surface area contributed by atoms with Crippen LogP contribution in [0.2, 0.25) is 0 Å². The van der Waals surface area contributed by atoms with Crippen molar-refractivity contribution in [3.05, 3.63) is 119 Å². The third kappa shape index (κ3) is 5.16. The normalized spacial score (nSPS) is 10.6. The number of rotatable bonds is 7. The van der Waals surface area contributed by atoms with E-state index in [2.05, 4.69) is 26.6 Å². The summed E-state index contributed by atoms with van der Waals surface area (Å²) in [6, 6.07) is 34.5. The Labute approximate surface area is 217 Å². The monoisotopic (exact) mass is 538 g/mol. The van der Waals surface area contributed by atoms with E-state index < -0.39 is 0 Å². The number of amides is 1. The van der Waals surface area contributed by atoms with Gasteiger partial charge in [0.1, 0.15) is 11.6 Å². The number of methoxy groups -OCH3 is 1. The maximum absolute atomic E-state index is 12.9. The topological polar surface area (TPSA) is 68.2 Å². The Morgan fingerprint density at radius 2 is 1.50 bits per heavy atom. The zero-order chi connectivity index (χ0) is 24.9. The molecular weight excluding hydrogens is 516 g/mol. The van der Waals surface area contributed by atoms with Crippen LogP contribution in [0.4, 0.5) is 17.2 Å². The van der Waals surface area contributed by atoms with E-state index in [-0.39, 0.29) is 5.91 Å². The number of para-hydroxylation sites is 3. The van der Waals surface area contributed by atoms with E-state index in [9.17, 15) is 4.79 Å². The first kappa shape index (κ1) is 23.4. The van der Waals surface area contributed by atoms with E-state index in [1.807, 2.05) is 89.6 Å². The Morgan fingerprint density at radius 1 is 0.833 bits per heavy atom. The Morgan fingerprint density at radius 3 is 2.19 bits per heavy atom. The number of nitrogens with one attached hydrogen (secondary N) is 2. The van der Waals surface area contributed by atoms with Gasteiger partial charge in [0.2, 0.25) is 0 Å². The third-order valence-corrected chi connectivity index (χ3v) is 6.17. The number of halogens is 1. The van der Waals surface area contributed by atoms with Gasteiger partial charge in [-0.25, -0.2) is 4.68 Å². The molecule has 178 valence electrons. The number of hydrogen-bond acceptors (Lipinski definition) is 4. The Kier molecular flexibility index (Phi) is 6.82. The summed E-state index contributed by atoms with van der Waals surface area (Å²) in [5.41, 5.74) is 4.69. The third-order valence-electron chi connectivity index (χ3n) is 5.64. The first-order valence-electron chi connectivity index (χ1n) is 11.3. The van der Waals surface area contributed by atoms with Gasteiger partial charge in [0.15, 0.2) is 0 Å². The molecule has 4 aromatic carbocycles. The van der Waals surface area contributed by atoms with E-state index in [1.54, 1.807) is 31.4 Å². The molecule has 0 radical (unpaired) electrons. The number of nitrogens with zero attached hydrogens (tertiary/aromatic N) is 2. The highest BCUT2D eigenvalue weighted by atomic mass is 79.9. The molecule has 36 heavy (non-hydrogen) atoms. The minimum absolute atomic E-state index is 0.209. The van der Waals surface area contributed by atoms with Crippen LogP contribution in [-0.2, 0) is 0 Å². The summed E-state index contributed by atoms with van der Waals surface area (Å²) in [6.07, 6.45) is 0. The summed E-state index contributed by atoms with van der Waals surface area (Å²) in [5.74, 6) is 1.26. The van der Waals surface area contributed by atoms with Crippen molar-refractivity contribution < 1.29 is 9.53 Å². The Bertz CT molecular complexity index is 1480. The van der Waals surface area contributed by atoms with Gasteiger partial charge in [0, 0.05) is 21.7 Å². The average molecular weight is 539 g/mol. The number of hydrogen-bond donors (Lipinski definition) is 2. The lowest BCUT2D eigenvalue weighted by molar-refractivity contribution is 0.102. The van der Waals surface area contributed by atoms with Gasteiger partial charge in [-0.3, -0.25) is 4.79 Å². The van der Waals surface area contributed by atoms with E-state index in [1.165, 1.54) is 0 Å². The van der Waals surface area contributed by atoms with Crippen LogP contribution in [0.15, 0.2) is 114 Å². The van der Waals surface area contributed by atoms with E-state index in [0.29, 0.717) is 17.0 Å². The molecule has 0 aliphatic rings. The fourth-order valence-electron chi connectivity index (χ4n) is 3.77. The number of carbonyl (C=O) groups excluding carboxylic acids is 1. The molecule has 2 N–H and O–H groups in total. The van der Waals surface area contributed by atoms with Crippen LogP contribution < -0.4 is 15.4 Å². The second-order valence-electron chi connectivity index (χ2n) is 8.02. The second-order valence-corrected chi connectivity index (χ2v) is 8.94. The van der Waals surface area contributed by atoms with Crippen LogP contribution in [0.5, 0.6) is 5.75 Å². The van der Waals surface area contributed by atoms with Gasteiger partial charge in [0.25, 0.3) is 5.91 Å². The zero-order valence-electron chi connectivity index (χ0n) is 19.5. The van der Waals surface area contributed by atoms with Crippen LogP contribution in [0, 0.1) is 0 Å². The number of benzene rings is 4. The van der Waals surface area contributed by atoms with Crippen molar-refractivity contribution in [2.75, 3.05) is 17.7 Å². The van der Waals surface area contributed by atoms with Crippen LogP contribution in [0.1, 0.15) is 10.4 Å². The van der Waals surface area contributed by atoms with Gasteiger partial charge in [-0.2, -0.15) is 5.10 Å². The predicted molar refractivity (Wildman–Crippen MR) is 147 cm³/mol. The molecule has 6 nitrogen and oxygen atoms in total. The largest absolute Gasteiger partial charge is 0.497 e. The van der Waals surface area contributed by atoms with Crippen molar-refractivity contribution in [3.8, 4) is 22.7 Å². The minimum Gasteiger partial charge on any atom is -0.497 e. The molecule has 1 amide bonds. The van der Waals surface area contributed by atoms with Crippen molar-refractivity contribution in [2.24, 2.45) is 0 Å². The lowest BCUT2D eigenvalue weighted by Crippen LogP contribution is -2.13. The van der Waals surface area contributed by atoms with Crippen LogP contribution in [0.3, 0.4) is 0 Å². The van der Waals surface area contributed by atoms with Gasteiger partial charge in [-0.15, -0.1) is 0 Å². The van der Waals surface area contributed by atoms with E-state index in [4.69, 9.17) is 9.84 Å². The van der Waals surface area contributed by atoms with Crippen molar-refractivity contribution in [2.45, 2.75) is 0 Å². The van der Waals surface area contributed by atoms with Crippen LogP contribution in [0.25, 0.3) is 16.9 Å². The highest BCUT2D eigenvalue weighted by Gasteiger charge is 2.15. The molecule has 1 aromatic heterocycles. The maximum atomic E-state index is 12.9. The summed E-state index contributed by atoms with van der Waals surface area (Å²) < 4.78 is 8.06. The van der Waals surface area contributed by atoms with Gasteiger partial charge in [-0.05, 0) is 60.7 Å². The SMILES string of the molecule is COc1ccc(C(=O)Nc2ccccc2Nc2cc(-c3ccc(Br)cc3)nn2-c2ccccc2)cc1. The molecule has 0 bridgehead atoms. The average Bonchev–Trinajstić information content (AvgIpc) is 3.34. The fraction of sp³-hybridized carbons (Fsp3) is 0.0345. The fourth-order valence-corrected chi connectivity index (χ4v) is 4.04. The molecule has 5 aromatic rings. The number of aromatic nitrogens is 2. The molecule has 0 saturated carbocycles. The molecule has 7 heteroatoms. The van der Waals surface area contributed by atoms with Gasteiger partial charge in [0.05, 0.1) is 29.9 Å². The molecule has 0 fully saturated rings. The lowest BCUT2D eigenvalue weighted by Gasteiger charge is -2.14. The molecule has 0 spiro atoms. The number of carbonyl (C=O) groups is 1. The summed E-state index contributed by atoms with van der Waals surface area (Å²) in [5, 5.41) is 11.4. The highest BCUT2D eigenvalue weighted by molar-refractivity contribution is 9.10. The van der Waals surface area contributed by atoms with E-state index >= 15 is 0 Å². The number of anilines is 3. The summed E-state index contributed by atoms with van der Waals surface area (Å²) in [7, 11) is 1.60. The van der Waals surface area contributed by atoms with E-state index in [0.717, 1.165) is 32.9 Å². The van der Waals surface area contributed by atoms with Crippen molar-refractivity contribution in [3.63, 3.8) is 0 Å². The molecule has 0 unspecified atom stereocenters. The molecular formula is C29H23BrN4O2. The van der Waals surface area contributed by atoms with Gasteiger partial charge >= 0.3 is 0 Å². The first-order chi connectivity index (χ1) is 17.6. The van der Waals surface area contributed by atoms with Crippen LogP contribution in [-0.4, -0.2) is 22.8 Å².